The second kappa shape index (κ2) is 9.31. The van der Waals surface area contributed by atoms with Crippen molar-refractivity contribution in [1.29, 1.82) is 5.26 Å². The number of thiophene rings is 1. The molecule has 1 amide bonds. The van der Waals surface area contributed by atoms with Gasteiger partial charge in [-0.05, 0) is 38.7 Å². The quantitative estimate of drug-likeness (QED) is 0.164. The number of hydrogen-bond donors (Lipinski definition) is 2. The number of carbonyl (C=O) groups is 1. The number of aromatic nitrogens is 2. The highest BCUT2D eigenvalue weighted by Crippen LogP contribution is 2.46. The highest BCUT2D eigenvalue weighted by Gasteiger charge is 2.28. The second-order valence-corrected chi connectivity index (χ2v) is 10.7. The molecule has 4 aromatic rings. The smallest absolute Gasteiger partial charge is 0.412 e. The van der Waals surface area contributed by atoms with E-state index in [4.69, 9.17) is 16.3 Å². The molecule has 186 valence electrons. The third-order valence-corrected chi connectivity index (χ3v) is 6.99. The minimum atomic E-state index is -1.22. The maximum atomic E-state index is 15.8. The van der Waals surface area contributed by atoms with Crippen LogP contribution in [0.5, 0.6) is 0 Å². The Labute approximate surface area is 215 Å². The molecule has 2 N–H and O–H groups in total. The summed E-state index contributed by atoms with van der Waals surface area (Å²) in [4.78, 5) is 31.0. The lowest BCUT2D eigenvalue weighted by molar-refractivity contribution is 0.0636. The van der Waals surface area contributed by atoms with Gasteiger partial charge in [-0.3, -0.25) is 10.1 Å². The third kappa shape index (κ3) is 4.38. The molecule has 7 nitrogen and oxygen atoms in total. The van der Waals surface area contributed by atoms with Crippen LogP contribution in [0.25, 0.3) is 32.1 Å². The van der Waals surface area contributed by atoms with Crippen LogP contribution < -0.4 is 10.9 Å². The van der Waals surface area contributed by atoms with Gasteiger partial charge in [0, 0.05) is 10.9 Å². The van der Waals surface area contributed by atoms with Crippen LogP contribution in [0.1, 0.15) is 26.3 Å². The third-order valence-electron chi connectivity index (χ3n) is 4.94. The Morgan fingerprint density at radius 1 is 1.25 bits per heavy atom. The topological polar surface area (TPSA) is 108 Å². The average molecular weight is 553 g/mol. The molecule has 0 aliphatic carbocycles. The summed E-state index contributed by atoms with van der Waals surface area (Å²) in [6, 6.07) is 4.03. The summed E-state index contributed by atoms with van der Waals surface area (Å²) >= 11 is 7.93. The summed E-state index contributed by atoms with van der Waals surface area (Å²) in [6.45, 7) is 4.92. The lowest BCUT2D eigenvalue weighted by Crippen LogP contribution is -2.27. The van der Waals surface area contributed by atoms with Crippen molar-refractivity contribution in [2.45, 2.75) is 31.5 Å². The van der Waals surface area contributed by atoms with Crippen molar-refractivity contribution in [1.82, 2.24) is 9.97 Å². The monoisotopic (exact) mass is 552 g/mol. The number of amides is 1. The number of nitriles is 1. The van der Waals surface area contributed by atoms with Crippen LogP contribution in [0, 0.1) is 28.8 Å². The fourth-order valence-electron chi connectivity index (χ4n) is 3.55. The molecule has 0 unspecified atom stereocenters. The zero-order chi connectivity index (χ0) is 26.5. The van der Waals surface area contributed by atoms with Gasteiger partial charge in [-0.25, -0.2) is 22.9 Å². The minimum Gasteiger partial charge on any atom is -0.444 e. The van der Waals surface area contributed by atoms with Crippen molar-refractivity contribution in [3.63, 3.8) is 0 Å². The summed E-state index contributed by atoms with van der Waals surface area (Å²) in [5, 5.41) is 10.8. The Balaban J connectivity index is 2.04. The summed E-state index contributed by atoms with van der Waals surface area (Å²) in [7, 11) is 0. The van der Waals surface area contributed by atoms with Crippen LogP contribution in [0.4, 0.5) is 23.0 Å². The first-order chi connectivity index (χ1) is 16.9. The molecule has 0 radical (unpaired) electrons. The largest absolute Gasteiger partial charge is 0.444 e. The Morgan fingerprint density at radius 2 is 1.94 bits per heavy atom. The van der Waals surface area contributed by atoms with Crippen molar-refractivity contribution < 1.29 is 22.7 Å². The number of fused-ring (bicyclic) bond motifs is 2. The normalized spacial score (nSPS) is 11.6. The van der Waals surface area contributed by atoms with E-state index >= 15 is 8.78 Å². The second-order valence-electron chi connectivity index (χ2n) is 8.46. The Kier molecular flexibility index (Phi) is 6.68. The summed E-state index contributed by atoms with van der Waals surface area (Å²) in [5.74, 6) is -3.10. The van der Waals surface area contributed by atoms with E-state index < -0.39 is 56.2 Å². The molecule has 0 fully saturated rings. The number of rotatable bonds is 3. The van der Waals surface area contributed by atoms with E-state index in [9.17, 15) is 19.2 Å². The molecule has 2 aromatic heterocycles. The van der Waals surface area contributed by atoms with Gasteiger partial charge >= 0.3 is 6.09 Å². The number of halogens is 4. The summed E-state index contributed by atoms with van der Waals surface area (Å²) in [6.07, 6.45) is 0.698. The fraction of sp³-hybridized carbons (Fsp3) is 0.217. The van der Waals surface area contributed by atoms with Crippen molar-refractivity contribution >= 4 is 66.8 Å². The lowest BCUT2D eigenvalue weighted by atomic mass is 9.97. The van der Waals surface area contributed by atoms with Gasteiger partial charge in [-0.2, -0.15) is 5.26 Å². The predicted octanol–water partition coefficient (Wildman–Crippen LogP) is 6.82. The Hall–Kier alpha value is -3.27. The van der Waals surface area contributed by atoms with Crippen LogP contribution in [-0.2, 0) is 4.74 Å². The number of nitrogens with one attached hydrogen (secondary N) is 2. The number of carbonyl (C=O) groups excluding carboxylic acids is 1. The molecule has 0 saturated carbocycles. The molecular weight excluding hydrogens is 537 g/mol. The maximum Gasteiger partial charge on any atom is 0.412 e. The van der Waals surface area contributed by atoms with Gasteiger partial charge < -0.3 is 9.72 Å². The number of nitrogens with zero attached hydrogens (tertiary/aromatic N) is 2. The van der Waals surface area contributed by atoms with Crippen molar-refractivity contribution in [3.05, 3.63) is 50.5 Å². The molecule has 0 bridgehead atoms. The SMILES string of the molecule is CSc1nc2c(F)c(-c3ccc(F)c4sc(NC(=O)OC(C)(C)C)c(C#N)c34)c(Cl)c(F)c2c(=O)[nH]1. The molecule has 36 heavy (non-hydrogen) atoms. The van der Waals surface area contributed by atoms with Gasteiger partial charge in [0.25, 0.3) is 5.56 Å². The molecule has 0 aliphatic heterocycles. The first-order valence-electron chi connectivity index (χ1n) is 10.2. The summed E-state index contributed by atoms with van der Waals surface area (Å²) < 4.78 is 51.0. The van der Waals surface area contributed by atoms with Crippen LogP contribution in [0.2, 0.25) is 5.02 Å². The predicted molar refractivity (Wildman–Crippen MR) is 134 cm³/mol. The minimum absolute atomic E-state index is 0.0421. The molecule has 2 aromatic carbocycles. The molecular formula is C23H16ClF3N4O3S2. The van der Waals surface area contributed by atoms with E-state index in [1.165, 1.54) is 0 Å². The molecule has 4 rings (SSSR count). The van der Waals surface area contributed by atoms with E-state index in [0.29, 0.717) is 0 Å². The van der Waals surface area contributed by atoms with Crippen LogP contribution in [0.15, 0.2) is 22.1 Å². The van der Waals surface area contributed by atoms with Gasteiger partial charge in [0.2, 0.25) is 0 Å². The highest BCUT2D eigenvalue weighted by molar-refractivity contribution is 7.98. The van der Waals surface area contributed by atoms with Crippen LogP contribution >= 0.6 is 34.7 Å². The van der Waals surface area contributed by atoms with Crippen molar-refractivity contribution in [2.75, 3.05) is 11.6 Å². The highest BCUT2D eigenvalue weighted by atomic mass is 35.5. The summed E-state index contributed by atoms with van der Waals surface area (Å²) in [5.41, 5.74) is -3.16. The number of anilines is 1. The molecule has 0 saturated heterocycles. The molecule has 2 heterocycles. The maximum absolute atomic E-state index is 15.8. The number of aromatic amines is 1. The average Bonchev–Trinajstić information content (AvgIpc) is 3.16. The Morgan fingerprint density at radius 3 is 2.56 bits per heavy atom. The van der Waals surface area contributed by atoms with E-state index in [0.717, 1.165) is 35.2 Å². The number of ether oxygens (including phenoxy) is 1. The Bertz CT molecular complexity index is 1670. The number of hydrogen-bond acceptors (Lipinski definition) is 7. The van der Waals surface area contributed by atoms with Gasteiger partial charge in [-0.15, -0.1) is 11.3 Å². The van der Waals surface area contributed by atoms with Crippen LogP contribution in [0.3, 0.4) is 0 Å². The standard InChI is InChI=1S/C23H16ClF3N4O3S2/c1-23(2,3)34-22(33)31-20-9(7-28)11-8(5-6-10(25)18(11)36-20)12-14(24)15(26)13-17(16(12)27)29-21(35-4)30-19(13)32/h5-6H,1-4H3,(H,31,33)(H,29,30,32). The molecule has 13 heteroatoms. The van der Waals surface area contributed by atoms with Gasteiger partial charge in [-0.1, -0.05) is 29.4 Å². The van der Waals surface area contributed by atoms with Crippen LogP contribution in [-0.4, -0.2) is 27.9 Å². The van der Waals surface area contributed by atoms with Gasteiger partial charge in [0.1, 0.15) is 33.4 Å². The van der Waals surface area contributed by atoms with E-state index in [1.54, 1.807) is 27.0 Å². The molecule has 0 spiro atoms. The number of thioether (sulfide) groups is 1. The van der Waals surface area contributed by atoms with E-state index in [2.05, 4.69) is 15.3 Å². The number of H-pyrrole nitrogens is 1. The van der Waals surface area contributed by atoms with Crippen molar-refractivity contribution in [2.24, 2.45) is 0 Å². The first-order valence-corrected chi connectivity index (χ1v) is 12.6. The number of benzene rings is 2. The lowest BCUT2D eigenvalue weighted by Gasteiger charge is -2.19. The zero-order valence-electron chi connectivity index (χ0n) is 19.1. The zero-order valence-corrected chi connectivity index (χ0v) is 21.5. The van der Waals surface area contributed by atoms with Crippen molar-refractivity contribution in [3.8, 4) is 17.2 Å². The first kappa shape index (κ1) is 25.8. The van der Waals surface area contributed by atoms with Gasteiger partial charge in [0.15, 0.2) is 16.8 Å². The van der Waals surface area contributed by atoms with E-state index in [1.807, 2.05) is 6.07 Å². The molecule has 0 aliphatic rings. The van der Waals surface area contributed by atoms with E-state index in [-0.39, 0.29) is 31.4 Å². The van der Waals surface area contributed by atoms with Gasteiger partial charge in [0.05, 0.1) is 15.3 Å². The molecule has 0 atom stereocenters. The fourth-order valence-corrected chi connectivity index (χ4v) is 5.28.